The number of benzene rings is 1. The van der Waals surface area contributed by atoms with Crippen LogP contribution in [0, 0.1) is 0 Å². The Morgan fingerprint density at radius 2 is 1.69 bits per heavy atom. The van der Waals surface area contributed by atoms with Crippen LogP contribution in [0.4, 0.5) is 15.3 Å². The van der Waals surface area contributed by atoms with E-state index in [-0.39, 0.29) is 0 Å². The van der Waals surface area contributed by atoms with Gasteiger partial charge in [0, 0.05) is 5.69 Å². The molecule has 1 amide bonds. The molecular weight excluding hydrogens is 214 g/mol. The Morgan fingerprint density at radius 3 is 2.19 bits per heavy atom. The van der Waals surface area contributed by atoms with Crippen LogP contribution < -0.4 is 10.1 Å². The van der Waals surface area contributed by atoms with E-state index in [9.17, 15) is 9.59 Å². The maximum atomic E-state index is 10.9. The van der Waals surface area contributed by atoms with Gasteiger partial charge in [-0.2, -0.15) is 0 Å². The average molecular weight is 225 g/mol. The van der Waals surface area contributed by atoms with E-state index in [1.54, 1.807) is 12.1 Å². The summed E-state index contributed by atoms with van der Waals surface area (Å²) in [6.07, 6.45) is -1.37. The summed E-state index contributed by atoms with van der Waals surface area (Å²) in [6, 6.07) is 6.16. The number of hydrogen-bond acceptors (Lipinski definition) is 5. The van der Waals surface area contributed by atoms with Gasteiger partial charge in [0.05, 0.1) is 14.2 Å². The highest BCUT2D eigenvalue weighted by molar-refractivity contribution is 5.84. The van der Waals surface area contributed by atoms with Gasteiger partial charge in [-0.05, 0) is 24.3 Å². The fraction of sp³-hybridized carbons (Fsp3) is 0.200. The van der Waals surface area contributed by atoms with Gasteiger partial charge in [0.25, 0.3) is 0 Å². The van der Waals surface area contributed by atoms with Gasteiger partial charge >= 0.3 is 12.2 Å². The summed E-state index contributed by atoms with van der Waals surface area (Å²) in [5, 5.41) is 2.45. The Balaban J connectivity index is 2.60. The highest BCUT2D eigenvalue weighted by atomic mass is 16.7. The third-order valence-corrected chi connectivity index (χ3v) is 1.65. The second-order valence-electron chi connectivity index (χ2n) is 2.70. The van der Waals surface area contributed by atoms with E-state index in [4.69, 9.17) is 4.74 Å². The Labute approximate surface area is 92.1 Å². The maximum absolute atomic E-state index is 10.9. The van der Waals surface area contributed by atoms with Crippen LogP contribution in [0.5, 0.6) is 5.75 Å². The van der Waals surface area contributed by atoms with Crippen molar-refractivity contribution < 1.29 is 23.8 Å². The van der Waals surface area contributed by atoms with Crippen LogP contribution in [0.3, 0.4) is 0 Å². The minimum absolute atomic E-state index is 0.322. The van der Waals surface area contributed by atoms with E-state index >= 15 is 0 Å². The fourth-order valence-electron chi connectivity index (χ4n) is 0.913. The molecule has 1 aromatic carbocycles. The van der Waals surface area contributed by atoms with Crippen LogP contribution in [-0.4, -0.2) is 26.5 Å². The minimum atomic E-state index is -0.798. The molecule has 6 nitrogen and oxygen atoms in total. The lowest BCUT2D eigenvalue weighted by atomic mass is 10.3. The van der Waals surface area contributed by atoms with Gasteiger partial charge in [0.1, 0.15) is 5.75 Å². The first-order valence-electron chi connectivity index (χ1n) is 4.36. The van der Waals surface area contributed by atoms with Crippen molar-refractivity contribution in [3.05, 3.63) is 24.3 Å². The number of methoxy groups -OCH3 is 2. The van der Waals surface area contributed by atoms with Crippen LogP contribution >= 0.6 is 0 Å². The van der Waals surface area contributed by atoms with Crippen molar-refractivity contribution >= 4 is 17.9 Å². The number of hydrogen-bond donors (Lipinski definition) is 1. The summed E-state index contributed by atoms with van der Waals surface area (Å²) in [7, 11) is 2.49. The van der Waals surface area contributed by atoms with Crippen molar-refractivity contribution in [3.63, 3.8) is 0 Å². The molecule has 0 aliphatic rings. The number of nitrogens with one attached hydrogen (secondary N) is 1. The highest BCUT2D eigenvalue weighted by Crippen LogP contribution is 2.16. The lowest BCUT2D eigenvalue weighted by Gasteiger charge is -2.05. The van der Waals surface area contributed by atoms with Crippen molar-refractivity contribution in [2.24, 2.45) is 0 Å². The smallest absolute Gasteiger partial charge is 0.453 e. The lowest BCUT2D eigenvalue weighted by molar-refractivity contribution is 0.121. The normalized spacial score (nSPS) is 9.12. The van der Waals surface area contributed by atoms with Crippen molar-refractivity contribution in [2.75, 3.05) is 19.5 Å². The molecule has 0 heterocycles. The molecule has 0 aliphatic carbocycles. The number of ether oxygens (including phenoxy) is 3. The first-order chi connectivity index (χ1) is 7.65. The predicted octanol–water partition coefficient (Wildman–Crippen LogP) is 2.01. The predicted molar refractivity (Wildman–Crippen MR) is 55.5 cm³/mol. The van der Waals surface area contributed by atoms with Gasteiger partial charge in [-0.3, -0.25) is 5.32 Å². The molecule has 0 saturated carbocycles. The zero-order chi connectivity index (χ0) is 12.0. The van der Waals surface area contributed by atoms with Crippen molar-refractivity contribution in [2.45, 2.75) is 0 Å². The van der Waals surface area contributed by atoms with Gasteiger partial charge in [-0.25, -0.2) is 9.59 Å². The summed E-state index contributed by atoms with van der Waals surface area (Å²) in [5.41, 5.74) is 0.532. The SMILES string of the molecule is COC(=O)Nc1ccc(OC(=O)OC)cc1. The van der Waals surface area contributed by atoms with Gasteiger partial charge in [0.15, 0.2) is 0 Å². The quantitative estimate of drug-likeness (QED) is 0.615. The summed E-state index contributed by atoms with van der Waals surface area (Å²) in [4.78, 5) is 21.6. The van der Waals surface area contributed by atoms with Crippen LogP contribution in [0.25, 0.3) is 0 Å². The van der Waals surface area contributed by atoms with E-state index in [0.29, 0.717) is 11.4 Å². The number of carbonyl (C=O) groups excluding carboxylic acids is 2. The molecule has 86 valence electrons. The summed E-state index contributed by atoms with van der Waals surface area (Å²) < 4.78 is 13.5. The third kappa shape index (κ3) is 3.49. The molecule has 0 fully saturated rings. The summed E-state index contributed by atoms with van der Waals surface area (Å²) >= 11 is 0. The van der Waals surface area contributed by atoms with Gasteiger partial charge in [-0.1, -0.05) is 0 Å². The molecule has 0 unspecified atom stereocenters. The van der Waals surface area contributed by atoms with Crippen LogP contribution in [0.15, 0.2) is 24.3 Å². The Kier molecular flexibility index (Phi) is 4.14. The van der Waals surface area contributed by atoms with Gasteiger partial charge in [-0.15, -0.1) is 0 Å². The molecule has 1 aromatic rings. The number of rotatable bonds is 2. The number of carbonyl (C=O) groups is 2. The van der Waals surface area contributed by atoms with Crippen LogP contribution in [0.2, 0.25) is 0 Å². The molecule has 1 N–H and O–H groups in total. The molecule has 0 aliphatic heterocycles. The summed E-state index contributed by atoms with van der Waals surface area (Å²) in [5.74, 6) is 0.322. The minimum Gasteiger partial charge on any atom is -0.453 e. The Morgan fingerprint density at radius 1 is 1.06 bits per heavy atom. The first-order valence-corrected chi connectivity index (χ1v) is 4.36. The number of amides is 1. The molecular formula is C10H11NO5. The molecule has 1 rings (SSSR count). The van der Waals surface area contributed by atoms with E-state index < -0.39 is 12.2 Å². The third-order valence-electron chi connectivity index (χ3n) is 1.65. The van der Waals surface area contributed by atoms with Crippen molar-refractivity contribution in [1.29, 1.82) is 0 Å². The van der Waals surface area contributed by atoms with Crippen molar-refractivity contribution in [3.8, 4) is 5.75 Å². The second-order valence-corrected chi connectivity index (χ2v) is 2.70. The lowest BCUT2D eigenvalue weighted by Crippen LogP contribution is -2.11. The summed E-state index contributed by atoms with van der Waals surface area (Å²) in [6.45, 7) is 0. The standard InChI is InChI=1S/C10H11NO5/c1-14-9(12)11-7-3-5-8(6-4-7)16-10(13)15-2/h3-6H,1-2H3,(H,11,12). The van der Waals surface area contributed by atoms with E-state index in [0.717, 1.165) is 0 Å². The second kappa shape index (κ2) is 5.59. The molecule has 6 heteroatoms. The topological polar surface area (TPSA) is 73.9 Å². The molecule has 0 aromatic heterocycles. The Bertz CT molecular complexity index is 336. The van der Waals surface area contributed by atoms with E-state index in [1.165, 1.54) is 26.4 Å². The van der Waals surface area contributed by atoms with Crippen LogP contribution in [0.1, 0.15) is 0 Å². The van der Waals surface area contributed by atoms with E-state index in [1.807, 2.05) is 0 Å². The molecule has 0 bridgehead atoms. The van der Waals surface area contributed by atoms with Crippen molar-refractivity contribution in [1.82, 2.24) is 0 Å². The van der Waals surface area contributed by atoms with E-state index in [2.05, 4.69) is 14.8 Å². The molecule has 16 heavy (non-hydrogen) atoms. The zero-order valence-electron chi connectivity index (χ0n) is 8.85. The van der Waals surface area contributed by atoms with Crippen LogP contribution in [-0.2, 0) is 9.47 Å². The molecule has 0 spiro atoms. The highest BCUT2D eigenvalue weighted by Gasteiger charge is 2.04. The Hall–Kier alpha value is -2.24. The first kappa shape index (κ1) is 11.8. The molecule has 0 saturated heterocycles. The average Bonchev–Trinajstić information content (AvgIpc) is 2.31. The van der Waals surface area contributed by atoms with Gasteiger partial charge in [0.2, 0.25) is 0 Å². The van der Waals surface area contributed by atoms with Gasteiger partial charge < -0.3 is 14.2 Å². The number of anilines is 1. The molecule has 0 atom stereocenters. The zero-order valence-corrected chi connectivity index (χ0v) is 8.85. The fourth-order valence-corrected chi connectivity index (χ4v) is 0.913. The monoisotopic (exact) mass is 225 g/mol. The molecule has 0 radical (unpaired) electrons. The maximum Gasteiger partial charge on any atom is 0.513 e. The largest absolute Gasteiger partial charge is 0.513 e.